The maximum atomic E-state index is 6.40. The maximum Gasteiger partial charge on any atom is 0.229 e. The molecule has 0 amide bonds. The Bertz CT molecular complexity index is 2540. The average molecular weight is 577 g/mol. The fourth-order valence-corrected chi connectivity index (χ4v) is 6.00. The summed E-state index contributed by atoms with van der Waals surface area (Å²) in [5.74, 6) is 0.645. The first-order valence-corrected chi connectivity index (χ1v) is 14.9. The highest BCUT2D eigenvalue weighted by atomic mass is 16.3. The number of fused-ring (bicyclic) bond motifs is 5. The molecule has 0 unspecified atom stereocenters. The maximum absolute atomic E-state index is 6.40. The summed E-state index contributed by atoms with van der Waals surface area (Å²) in [4.78, 5) is 19.7. The minimum absolute atomic E-state index is 0.535. The molecule has 0 spiro atoms. The van der Waals surface area contributed by atoms with Crippen LogP contribution in [0.5, 0.6) is 0 Å². The van der Waals surface area contributed by atoms with Crippen molar-refractivity contribution in [2.45, 2.75) is 0 Å². The first-order chi connectivity index (χ1) is 22.3. The molecule has 0 bridgehead atoms. The highest BCUT2D eigenvalue weighted by Crippen LogP contribution is 2.37. The van der Waals surface area contributed by atoms with E-state index in [0.29, 0.717) is 17.1 Å². The van der Waals surface area contributed by atoms with Gasteiger partial charge >= 0.3 is 0 Å². The van der Waals surface area contributed by atoms with Gasteiger partial charge in [0, 0.05) is 33.8 Å². The van der Waals surface area contributed by atoms with Gasteiger partial charge in [0.15, 0.2) is 11.4 Å². The number of furan rings is 1. The van der Waals surface area contributed by atoms with Gasteiger partial charge in [-0.15, -0.1) is 0 Å². The van der Waals surface area contributed by atoms with Crippen LogP contribution in [0.1, 0.15) is 0 Å². The molecule has 0 atom stereocenters. The van der Waals surface area contributed by atoms with E-state index in [1.165, 1.54) is 5.39 Å². The summed E-state index contributed by atoms with van der Waals surface area (Å²) >= 11 is 0. The summed E-state index contributed by atoms with van der Waals surface area (Å²) < 4.78 is 6.40. The van der Waals surface area contributed by atoms with Gasteiger partial charge in [-0.25, -0.2) is 19.9 Å². The van der Waals surface area contributed by atoms with Crippen molar-refractivity contribution in [3.8, 4) is 45.0 Å². The zero-order valence-electron chi connectivity index (χ0n) is 24.1. The Morgan fingerprint density at radius 3 is 2.04 bits per heavy atom. The second kappa shape index (κ2) is 10.2. The topological polar surface area (TPSA) is 64.7 Å². The second-order valence-corrected chi connectivity index (χ2v) is 11.1. The Morgan fingerprint density at radius 1 is 0.467 bits per heavy atom. The Balaban J connectivity index is 1.18. The van der Waals surface area contributed by atoms with Crippen LogP contribution in [-0.4, -0.2) is 19.9 Å². The Morgan fingerprint density at radius 2 is 1.18 bits per heavy atom. The summed E-state index contributed by atoms with van der Waals surface area (Å²) in [7, 11) is 0. The third-order valence-electron chi connectivity index (χ3n) is 8.34. The zero-order chi connectivity index (χ0) is 29.7. The molecular formula is C40H24N4O. The van der Waals surface area contributed by atoms with Gasteiger partial charge in [-0.2, -0.15) is 0 Å². The van der Waals surface area contributed by atoms with Gasteiger partial charge in [-0.05, 0) is 40.6 Å². The molecule has 0 radical (unpaired) electrons. The van der Waals surface area contributed by atoms with Gasteiger partial charge in [0.25, 0.3) is 0 Å². The van der Waals surface area contributed by atoms with Crippen molar-refractivity contribution in [1.29, 1.82) is 0 Å². The molecule has 0 saturated heterocycles. The number of hydrogen-bond donors (Lipinski definition) is 0. The van der Waals surface area contributed by atoms with E-state index >= 15 is 0 Å². The van der Waals surface area contributed by atoms with Crippen molar-refractivity contribution in [1.82, 2.24) is 19.9 Å². The molecule has 9 aromatic rings. The smallest absolute Gasteiger partial charge is 0.229 e. The van der Waals surface area contributed by atoms with E-state index in [2.05, 4.69) is 91.0 Å². The summed E-state index contributed by atoms with van der Waals surface area (Å²) in [5.41, 5.74) is 9.59. The van der Waals surface area contributed by atoms with Crippen LogP contribution in [0.3, 0.4) is 0 Å². The molecule has 0 aliphatic carbocycles. The second-order valence-electron chi connectivity index (χ2n) is 11.1. The average Bonchev–Trinajstić information content (AvgIpc) is 3.49. The van der Waals surface area contributed by atoms with Crippen molar-refractivity contribution >= 4 is 43.9 Å². The zero-order valence-corrected chi connectivity index (χ0v) is 24.1. The molecule has 5 nitrogen and oxygen atoms in total. The SMILES string of the molecule is c1ccc(-c2nc(-c3ccc4ccccc4c3)c3oc4ncc(-c5ccc(-c6ccc7ccccc7n6)cc5)cc4c3n2)cc1. The standard InChI is InChI=1S/C40H24N4O/c1-2-10-29(11-3-1)39-43-36(31-19-16-25-8-4-5-12-30(25)22-31)38-37(44-39)33-23-32(24-41-40(33)45-38)26-14-17-28(18-15-26)35-21-20-27-9-6-7-13-34(27)42-35/h1-24H. The number of aromatic nitrogens is 4. The van der Waals surface area contributed by atoms with Crippen LogP contribution in [0.25, 0.3) is 88.9 Å². The molecule has 0 aliphatic heterocycles. The van der Waals surface area contributed by atoms with Crippen LogP contribution < -0.4 is 0 Å². The fourth-order valence-electron chi connectivity index (χ4n) is 6.00. The molecule has 4 heterocycles. The van der Waals surface area contributed by atoms with Gasteiger partial charge in [-0.3, -0.25) is 0 Å². The van der Waals surface area contributed by atoms with Gasteiger partial charge in [-0.1, -0.05) is 115 Å². The highest BCUT2D eigenvalue weighted by Gasteiger charge is 2.20. The predicted molar refractivity (Wildman–Crippen MR) is 182 cm³/mol. The van der Waals surface area contributed by atoms with Crippen LogP contribution >= 0.6 is 0 Å². The minimum Gasteiger partial charge on any atom is -0.434 e. The molecular weight excluding hydrogens is 552 g/mol. The lowest BCUT2D eigenvalue weighted by Crippen LogP contribution is -1.94. The number of rotatable bonds is 4. The molecule has 4 aromatic heterocycles. The number of para-hydroxylation sites is 1. The first-order valence-electron chi connectivity index (χ1n) is 14.9. The van der Waals surface area contributed by atoms with Gasteiger partial charge in [0.1, 0.15) is 11.2 Å². The van der Waals surface area contributed by atoms with E-state index in [1.54, 1.807) is 0 Å². The van der Waals surface area contributed by atoms with E-state index in [4.69, 9.17) is 24.4 Å². The van der Waals surface area contributed by atoms with Gasteiger partial charge in [0.2, 0.25) is 5.71 Å². The normalized spacial score (nSPS) is 11.6. The number of hydrogen-bond acceptors (Lipinski definition) is 5. The largest absolute Gasteiger partial charge is 0.434 e. The van der Waals surface area contributed by atoms with Gasteiger partial charge in [0.05, 0.1) is 16.6 Å². The number of benzene rings is 5. The fraction of sp³-hybridized carbons (Fsp3) is 0. The molecule has 9 rings (SSSR count). The summed E-state index contributed by atoms with van der Waals surface area (Å²) in [5, 5.41) is 4.30. The van der Waals surface area contributed by atoms with E-state index in [9.17, 15) is 0 Å². The lowest BCUT2D eigenvalue weighted by molar-refractivity contribution is 0.653. The summed E-state index contributed by atoms with van der Waals surface area (Å²) in [6, 6.07) is 47.7. The van der Waals surface area contributed by atoms with E-state index in [1.807, 2.05) is 54.7 Å². The molecule has 5 aromatic carbocycles. The van der Waals surface area contributed by atoms with Crippen molar-refractivity contribution < 1.29 is 4.42 Å². The Kier molecular flexibility index (Phi) is 5.74. The Labute approximate surface area is 258 Å². The predicted octanol–water partition coefficient (Wildman–Crippen LogP) is 10.1. The molecule has 0 N–H and O–H groups in total. The van der Waals surface area contributed by atoms with E-state index in [0.717, 1.165) is 66.4 Å². The van der Waals surface area contributed by atoms with Crippen molar-refractivity contribution in [2.24, 2.45) is 0 Å². The molecule has 45 heavy (non-hydrogen) atoms. The summed E-state index contributed by atoms with van der Waals surface area (Å²) in [6.45, 7) is 0. The monoisotopic (exact) mass is 576 g/mol. The highest BCUT2D eigenvalue weighted by molar-refractivity contribution is 6.07. The van der Waals surface area contributed by atoms with Crippen LogP contribution in [0, 0.1) is 0 Å². The van der Waals surface area contributed by atoms with Crippen LogP contribution in [-0.2, 0) is 0 Å². The molecule has 210 valence electrons. The van der Waals surface area contributed by atoms with E-state index < -0.39 is 0 Å². The van der Waals surface area contributed by atoms with Gasteiger partial charge < -0.3 is 4.42 Å². The molecule has 0 fully saturated rings. The van der Waals surface area contributed by atoms with E-state index in [-0.39, 0.29) is 0 Å². The lowest BCUT2D eigenvalue weighted by atomic mass is 10.0. The molecule has 5 heteroatoms. The van der Waals surface area contributed by atoms with Crippen molar-refractivity contribution in [3.05, 3.63) is 146 Å². The molecule has 0 aliphatic rings. The minimum atomic E-state index is 0.535. The Hall–Kier alpha value is -6.20. The molecule has 0 saturated carbocycles. The number of nitrogens with zero attached hydrogens (tertiary/aromatic N) is 4. The first kappa shape index (κ1) is 25.3. The van der Waals surface area contributed by atoms with Crippen molar-refractivity contribution in [3.63, 3.8) is 0 Å². The third kappa shape index (κ3) is 4.41. The lowest BCUT2D eigenvalue weighted by Gasteiger charge is -2.07. The number of pyridine rings is 2. The van der Waals surface area contributed by atoms with Crippen LogP contribution in [0.2, 0.25) is 0 Å². The third-order valence-corrected chi connectivity index (χ3v) is 8.34. The van der Waals surface area contributed by atoms with Crippen molar-refractivity contribution in [2.75, 3.05) is 0 Å². The summed E-state index contributed by atoms with van der Waals surface area (Å²) in [6.07, 6.45) is 1.86. The van der Waals surface area contributed by atoms with Crippen LogP contribution in [0.15, 0.2) is 150 Å². The van der Waals surface area contributed by atoms with Crippen LogP contribution in [0.4, 0.5) is 0 Å². The quantitative estimate of drug-likeness (QED) is 0.209.